The Hall–Kier alpha value is -2.65. The quantitative estimate of drug-likeness (QED) is 0.323. The molecule has 0 saturated carbocycles. The maximum absolute atomic E-state index is 5.04. The van der Waals surface area contributed by atoms with E-state index in [1.807, 2.05) is 6.07 Å². The number of nitrogens with zero attached hydrogens (tertiary/aromatic N) is 2. The van der Waals surface area contributed by atoms with Crippen LogP contribution in [0.4, 0.5) is 0 Å². The molecule has 1 aromatic heterocycles. The monoisotopic (exact) mass is 444 g/mol. The second kappa shape index (κ2) is 8.00. The molecule has 29 heavy (non-hydrogen) atoms. The predicted octanol–water partition coefficient (Wildman–Crippen LogP) is 7.26. The highest BCUT2D eigenvalue weighted by Crippen LogP contribution is 2.38. The molecule has 0 unspecified atom stereocenters. The fraction of sp³-hybridized carbons (Fsp3) is 0.192. The van der Waals surface area contributed by atoms with Crippen LogP contribution in [-0.2, 0) is 6.54 Å². The molecular formula is C26H25BrN2. The van der Waals surface area contributed by atoms with E-state index in [-0.39, 0.29) is 0 Å². The van der Waals surface area contributed by atoms with Gasteiger partial charge in [0.05, 0.1) is 16.7 Å². The minimum Gasteiger partial charge on any atom is -0.259 e. The molecule has 0 aliphatic heterocycles. The fourth-order valence-electron chi connectivity index (χ4n) is 3.55. The molecule has 0 atom stereocenters. The highest BCUT2D eigenvalue weighted by molar-refractivity contribution is 9.10. The van der Waals surface area contributed by atoms with Crippen molar-refractivity contribution in [2.75, 3.05) is 0 Å². The molecule has 0 radical (unpaired) electrons. The molecule has 0 aliphatic rings. The second-order valence-corrected chi connectivity index (χ2v) is 8.55. The van der Waals surface area contributed by atoms with Gasteiger partial charge >= 0.3 is 0 Å². The second-order valence-electron chi connectivity index (χ2n) is 7.75. The maximum Gasteiger partial charge on any atom is 0.107 e. The number of benzene rings is 3. The van der Waals surface area contributed by atoms with Crippen molar-refractivity contribution < 1.29 is 0 Å². The van der Waals surface area contributed by atoms with Crippen LogP contribution in [0.3, 0.4) is 0 Å². The molecule has 0 bridgehead atoms. The van der Waals surface area contributed by atoms with Crippen LogP contribution in [0.1, 0.15) is 27.8 Å². The summed E-state index contributed by atoms with van der Waals surface area (Å²) in [6.45, 7) is 9.33. The Morgan fingerprint density at radius 1 is 0.724 bits per heavy atom. The normalized spacial score (nSPS) is 11.1. The molecule has 146 valence electrons. The van der Waals surface area contributed by atoms with Gasteiger partial charge in [-0.25, -0.2) is 0 Å². The van der Waals surface area contributed by atoms with E-state index in [0.29, 0.717) is 0 Å². The summed E-state index contributed by atoms with van der Waals surface area (Å²) in [4.78, 5) is 0. The Kier molecular flexibility index (Phi) is 5.42. The van der Waals surface area contributed by atoms with Gasteiger partial charge in [-0.2, -0.15) is 5.10 Å². The zero-order valence-corrected chi connectivity index (χ0v) is 18.9. The van der Waals surface area contributed by atoms with Crippen LogP contribution in [0.2, 0.25) is 0 Å². The van der Waals surface area contributed by atoms with Crippen molar-refractivity contribution in [2.24, 2.45) is 0 Å². The SMILES string of the molecule is Cc1ccc(-c2nn(Cc3ccccc3)c(-c3ccc(C)c(C)c3)c2Br)cc1C. The summed E-state index contributed by atoms with van der Waals surface area (Å²) >= 11 is 3.89. The predicted molar refractivity (Wildman–Crippen MR) is 125 cm³/mol. The van der Waals surface area contributed by atoms with Crippen LogP contribution in [0, 0.1) is 27.7 Å². The lowest BCUT2D eigenvalue weighted by Crippen LogP contribution is -2.04. The van der Waals surface area contributed by atoms with E-state index in [0.717, 1.165) is 28.0 Å². The molecule has 3 heteroatoms. The van der Waals surface area contributed by atoms with Crippen molar-refractivity contribution in [3.63, 3.8) is 0 Å². The number of hydrogen-bond acceptors (Lipinski definition) is 1. The lowest BCUT2D eigenvalue weighted by atomic mass is 10.0. The highest BCUT2D eigenvalue weighted by atomic mass is 79.9. The fourth-order valence-corrected chi connectivity index (χ4v) is 4.29. The molecular weight excluding hydrogens is 420 g/mol. The van der Waals surface area contributed by atoms with Crippen molar-refractivity contribution in [1.82, 2.24) is 9.78 Å². The number of hydrogen-bond donors (Lipinski definition) is 0. The van der Waals surface area contributed by atoms with Gasteiger partial charge in [-0.15, -0.1) is 0 Å². The molecule has 0 spiro atoms. The zero-order chi connectivity index (χ0) is 20.5. The van der Waals surface area contributed by atoms with Gasteiger partial charge in [-0.05, 0) is 83.6 Å². The van der Waals surface area contributed by atoms with Gasteiger partial charge in [0.1, 0.15) is 5.69 Å². The molecule has 4 rings (SSSR count). The molecule has 0 saturated heterocycles. The van der Waals surface area contributed by atoms with E-state index < -0.39 is 0 Å². The van der Waals surface area contributed by atoms with E-state index in [1.54, 1.807) is 0 Å². The third kappa shape index (κ3) is 3.92. The first kappa shape index (κ1) is 19.7. The van der Waals surface area contributed by atoms with Gasteiger partial charge in [0, 0.05) is 11.1 Å². The van der Waals surface area contributed by atoms with Crippen LogP contribution in [0.15, 0.2) is 71.2 Å². The Morgan fingerprint density at radius 3 is 1.93 bits per heavy atom. The average molecular weight is 445 g/mol. The van der Waals surface area contributed by atoms with E-state index in [9.17, 15) is 0 Å². The van der Waals surface area contributed by atoms with Gasteiger partial charge in [0.25, 0.3) is 0 Å². The molecule has 0 N–H and O–H groups in total. The van der Waals surface area contributed by atoms with E-state index in [1.165, 1.54) is 33.4 Å². The van der Waals surface area contributed by atoms with Crippen LogP contribution >= 0.6 is 15.9 Å². The third-order valence-electron chi connectivity index (χ3n) is 5.63. The highest BCUT2D eigenvalue weighted by Gasteiger charge is 2.19. The summed E-state index contributed by atoms with van der Waals surface area (Å²) in [6.07, 6.45) is 0. The van der Waals surface area contributed by atoms with Gasteiger partial charge in [-0.3, -0.25) is 4.68 Å². The average Bonchev–Trinajstić information content (AvgIpc) is 3.03. The van der Waals surface area contributed by atoms with Crippen molar-refractivity contribution in [3.8, 4) is 22.5 Å². The summed E-state index contributed by atoms with van der Waals surface area (Å²) in [5.74, 6) is 0. The van der Waals surface area contributed by atoms with E-state index >= 15 is 0 Å². The summed E-state index contributed by atoms with van der Waals surface area (Å²) in [5.41, 5.74) is 10.8. The molecule has 1 heterocycles. The zero-order valence-electron chi connectivity index (χ0n) is 17.3. The van der Waals surface area contributed by atoms with Gasteiger partial charge < -0.3 is 0 Å². The molecule has 0 fully saturated rings. The minimum atomic E-state index is 0.729. The largest absolute Gasteiger partial charge is 0.259 e. The van der Waals surface area contributed by atoms with Crippen molar-refractivity contribution in [3.05, 3.63) is 99.0 Å². The van der Waals surface area contributed by atoms with Crippen LogP contribution in [0.25, 0.3) is 22.5 Å². The summed E-state index contributed by atoms with van der Waals surface area (Å²) in [7, 11) is 0. The van der Waals surface area contributed by atoms with Crippen molar-refractivity contribution in [1.29, 1.82) is 0 Å². The van der Waals surface area contributed by atoms with Gasteiger partial charge in [0.15, 0.2) is 0 Å². The standard InChI is InChI=1S/C26H25BrN2/c1-17-10-12-22(14-19(17)3)25-24(27)26(23-13-11-18(2)20(4)15-23)29(28-25)16-21-8-6-5-7-9-21/h5-15H,16H2,1-4H3. The summed E-state index contributed by atoms with van der Waals surface area (Å²) in [6, 6.07) is 23.7. The third-order valence-corrected chi connectivity index (χ3v) is 6.38. The van der Waals surface area contributed by atoms with E-state index in [4.69, 9.17) is 5.10 Å². The molecule has 0 amide bonds. The first-order chi connectivity index (χ1) is 13.9. The smallest absolute Gasteiger partial charge is 0.107 e. The minimum absolute atomic E-state index is 0.729. The Labute approximate surface area is 181 Å². The molecule has 3 aromatic carbocycles. The number of aromatic nitrogens is 2. The molecule has 4 aromatic rings. The van der Waals surface area contributed by atoms with Crippen molar-refractivity contribution >= 4 is 15.9 Å². The lowest BCUT2D eigenvalue weighted by molar-refractivity contribution is 0.696. The van der Waals surface area contributed by atoms with Crippen LogP contribution < -0.4 is 0 Å². The lowest BCUT2D eigenvalue weighted by Gasteiger charge is -2.10. The van der Waals surface area contributed by atoms with Gasteiger partial charge in [0.2, 0.25) is 0 Å². The topological polar surface area (TPSA) is 17.8 Å². The maximum atomic E-state index is 5.04. The summed E-state index contributed by atoms with van der Waals surface area (Å²) < 4.78 is 3.16. The first-order valence-corrected chi connectivity index (χ1v) is 10.7. The van der Waals surface area contributed by atoms with E-state index in [2.05, 4.69) is 109 Å². The Bertz CT molecular complexity index is 1170. The number of aryl methyl sites for hydroxylation is 4. The first-order valence-electron chi connectivity index (χ1n) is 9.89. The van der Waals surface area contributed by atoms with Crippen LogP contribution in [-0.4, -0.2) is 9.78 Å². The Morgan fingerprint density at radius 2 is 1.31 bits per heavy atom. The Balaban J connectivity index is 1.90. The summed E-state index contributed by atoms with van der Waals surface area (Å²) in [5, 5.41) is 5.04. The van der Waals surface area contributed by atoms with Gasteiger partial charge in [-0.1, -0.05) is 54.6 Å². The van der Waals surface area contributed by atoms with Crippen molar-refractivity contribution in [2.45, 2.75) is 34.2 Å². The van der Waals surface area contributed by atoms with Crippen LogP contribution in [0.5, 0.6) is 0 Å². The molecule has 2 nitrogen and oxygen atoms in total. The number of rotatable bonds is 4. The molecule has 0 aliphatic carbocycles. The number of halogens is 1.